The number of hydrogen-bond acceptors (Lipinski definition) is 1. The minimum absolute atomic E-state index is 0.266. The summed E-state index contributed by atoms with van der Waals surface area (Å²) in [5.41, 5.74) is 1.73. The molecule has 0 unspecified atom stereocenters. The Morgan fingerprint density at radius 3 is 2.38 bits per heavy atom. The minimum atomic E-state index is 0.266. The average molecular weight is 282 g/mol. The van der Waals surface area contributed by atoms with E-state index in [4.69, 9.17) is 0 Å². The molecule has 0 N–H and O–H groups in total. The number of rotatable bonds is 2. The van der Waals surface area contributed by atoms with Gasteiger partial charge in [0.25, 0.3) is 0 Å². The summed E-state index contributed by atoms with van der Waals surface area (Å²) < 4.78 is 1.19. The maximum Gasteiger partial charge on any atom is 0.0455 e. The van der Waals surface area contributed by atoms with Crippen molar-refractivity contribution in [2.45, 2.75) is 37.6 Å². The fourth-order valence-corrected chi connectivity index (χ4v) is 3.31. The van der Waals surface area contributed by atoms with Crippen LogP contribution in [0.25, 0.3) is 0 Å². The van der Waals surface area contributed by atoms with Crippen LogP contribution >= 0.6 is 15.9 Å². The molecule has 0 bridgehead atoms. The Morgan fingerprint density at radius 2 is 1.81 bits per heavy atom. The Balaban J connectivity index is 2.38. The van der Waals surface area contributed by atoms with Gasteiger partial charge < -0.3 is 0 Å². The first-order valence-electron chi connectivity index (χ1n) is 6.09. The summed E-state index contributed by atoms with van der Waals surface area (Å²) in [7, 11) is 4.43. The molecular formula is C14H20BrN. The molecule has 2 heteroatoms. The van der Waals surface area contributed by atoms with Crippen molar-refractivity contribution in [3.63, 3.8) is 0 Å². The largest absolute Gasteiger partial charge is 0.300 e. The molecule has 1 aliphatic carbocycles. The highest BCUT2D eigenvalue weighted by Crippen LogP contribution is 2.41. The second kappa shape index (κ2) is 4.89. The average Bonchev–Trinajstić information content (AvgIpc) is 2.30. The molecular weight excluding hydrogens is 262 g/mol. The van der Waals surface area contributed by atoms with Crippen LogP contribution in [0.3, 0.4) is 0 Å². The van der Waals surface area contributed by atoms with Crippen molar-refractivity contribution in [1.82, 2.24) is 4.90 Å². The SMILES string of the molecule is CN(C)C1(c2cccc(Br)c2)CCCCC1. The molecule has 0 radical (unpaired) electrons. The van der Waals surface area contributed by atoms with E-state index >= 15 is 0 Å². The zero-order valence-corrected chi connectivity index (χ0v) is 11.8. The van der Waals surface area contributed by atoms with Crippen LogP contribution in [-0.2, 0) is 5.54 Å². The normalized spacial score (nSPS) is 20.0. The molecule has 1 nitrogen and oxygen atoms in total. The molecule has 1 aliphatic rings. The molecule has 1 aromatic rings. The first-order chi connectivity index (χ1) is 7.65. The molecule has 1 fully saturated rings. The lowest BCUT2D eigenvalue weighted by Crippen LogP contribution is -2.43. The Kier molecular flexibility index (Phi) is 3.70. The zero-order valence-electron chi connectivity index (χ0n) is 10.2. The summed E-state index contributed by atoms with van der Waals surface area (Å²) >= 11 is 3.58. The van der Waals surface area contributed by atoms with E-state index in [0.29, 0.717) is 0 Å². The molecule has 0 aromatic heterocycles. The molecule has 0 aliphatic heterocycles. The van der Waals surface area contributed by atoms with Crippen LogP contribution in [0.4, 0.5) is 0 Å². The molecule has 16 heavy (non-hydrogen) atoms. The van der Waals surface area contributed by atoms with Crippen LogP contribution in [0.2, 0.25) is 0 Å². The third kappa shape index (κ3) is 2.18. The summed E-state index contributed by atoms with van der Waals surface area (Å²) in [6.07, 6.45) is 6.67. The summed E-state index contributed by atoms with van der Waals surface area (Å²) in [5, 5.41) is 0. The van der Waals surface area contributed by atoms with Crippen molar-refractivity contribution >= 4 is 15.9 Å². The van der Waals surface area contributed by atoms with E-state index < -0.39 is 0 Å². The number of nitrogens with zero attached hydrogens (tertiary/aromatic N) is 1. The van der Waals surface area contributed by atoms with E-state index in [1.165, 1.54) is 42.1 Å². The van der Waals surface area contributed by atoms with Crippen LogP contribution < -0.4 is 0 Å². The van der Waals surface area contributed by atoms with Gasteiger partial charge in [0.15, 0.2) is 0 Å². The van der Waals surface area contributed by atoms with Crippen LogP contribution in [0.5, 0.6) is 0 Å². The molecule has 1 aromatic carbocycles. The summed E-state index contributed by atoms with van der Waals surface area (Å²) in [6, 6.07) is 8.82. The van der Waals surface area contributed by atoms with E-state index in [-0.39, 0.29) is 5.54 Å². The predicted octanol–water partition coefficient (Wildman–Crippen LogP) is 4.17. The maximum atomic E-state index is 3.58. The molecule has 1 saturated carbocycles. The fraction of sp³-hybridized carbons (Fsp3) is 0.571. The highest BCUT2D eigenvalue weighted by Gasteiger charge is 2.35. The van der Waals surface area contributed by atoms with Crippen molar-refractivity contribution < 1.29 is 0 Å². The van der Waals surface area contributed by atoms with E-state index in [1.54, 1.807) is 0 Å². The Bertz CT molecular complexity index is 354. The highest BCUT2D eigenvalue weighted by molar-refractivity contribution is 9.10. The smallest absolute Gasteiger partial charge is 0.0455 e. The lowest BCUT2D eigenvalue weighted by molar-refractivity contribution is 0.0988. The summed E-state index contributed by atoms with van der Waals surface area (Å²) in [5.74, 6) is 0. The summed E-state index contributed by atoms with van der Waals surface area (Å²) in [6.45, 7) is 0. The predicted molar refractivity (Wildman–Crippen MR) is 72.6 cm³/mol. The van der Waals surface area contributed by atoms with Gasteiger partial charge in [0.2, 0.25) is 0 Å². The Hall–Kier alpha value is -0.340. The quantitative estimate of drug-likeness (QED) is 0.787. The second-order valence-electron chi connectivity index (χ2n) is 5.00. The zero-order chi connectivity index (χ0) is 11.6. The highest BCUT2D eigenvalue weighted by atomic mass is 79.9. The van der Waals surface area contributed by atoms with Gasteiger partial charge in [-0.1, -0.05) is 47.3 Å². The molecule has 2 rings (SSSR count). The fourth-order valence-electron chi connectivity index (χ4n) is 2.91. The third-order valence-corrected chi connectivity index (χ3v) is 4.39. The lowest BCUT2D eigenvalue weighted by Gasteiger charge is -2.43. The monoisotopic (exact) mass is 281 g/mol. The van der Waals surface area contributed by atoms with Gasteiger partial charge >= 0.3 is 0 Å². The van der Waals surface area contributed by atoms with Gasteiger partial charge in [-0.15, -0.1) is 0 Å². The lowest BCUT2D eigenvalue weighted by atomic mass is 9.76. The van der Waals surface area contributed by atoms with Crippen molar-refractivity contribution in [3.8, 4) is 0 Å². The van der Waals surface area contributed by atoms with Crippen molar-refractivity contribution in [3.05, 3.63) is 34.3 Å². The maximum absolute atomic E-state index is 3.58. The second-order valence-corrected chi connectivity index (χ2v) is 5.91. The van der Waals surface area contributed by atoms with Gasteiger partial charge in [0.05, 0.1) is 0 Å². The number of benzene rings is 1. The van der Waals surface area contributed by atoms with Crippen LogP contribution in [0, 0.1) is 0 Å². The van der Waals surface area contributed by atoms with Gasteiger partial charge in [-0.25, -0.2) is 0 Å². The molecule has 0 amide bonds. The standard InChI is InChI=1S/C14H20BrN/c1-16(2)14(9-4-3-5-10-14)12-7-6-8-13(15)11-12/h6-8,11H,3-5,9-10H2,1-2H3. The van der Waals surface area contributed by atoms with Crippen LogP contribution in [0.1, 0.15) is 37.7 Å². The van der Waals surface area contributed by atoms with Crippen molar-refractivity contribution in [2.75, 3.05) is 14.1 Å². The van der Waals surface area contributed by atoms with E-state index in [9.17, 15) is 0 Å². The summed E-state index contributed by atoms with van der Waals surface area (Å²) in [4.78, 5) is 2.41. The molecule has 88 valence electrons. The molecule has 0 heterocycles. The molecule has 0 atom stereocenters. The van der Waals surface area contributed by atoms with E-state index in [2.05, 4.69) is 59.2 Å². The molecule has 0 saturated heterocycles. The van der Waals surface area contributed by atoms with Gasteiger partial charge in [-0.2, -0.15) is 0 Å². The number of halogens is 1. The minimum Gasteiger partial charge on any atom is -0.300 e. The topological polar surface area (TPSA) is 3.24 Å². The van der Waals surface area contributed by atoms with Gasteiger partial charge in [0, 0.05) is 10.0 Å². The van der Waals surface area contributed by atoms with Crippen LogP contribution in [0.15, 0.2) is 28.7 Å². The van der Waals surface area contributed by atoms with Crippen LogP contribution in [-0.4, -0.2) is 19.0 Å². The van der Waals surface area contributed by atoms with Gasteiger partial charge in [-0.3, -0.25) is 4.90 Å². The van der Waals surface area contributed by atoms with E-state index in [0.717, 1.165) is 0 Å². The van der Waals surface area contributed by atoms with Gasteiger partial charge in [0.1, 0.15) is 0 Å². The first kappa shape index (κ1) is 12.1. The Morgan fingerprint density at radius 1 is 1.12 bits per heavy atom. The van der Waals surface area contributed by atoms with Gasteiger partial charge in [-0.05, 0) is 44.6 Å². The first-order valence-corrected chi connectivity index (χ1v) is 6.88. The third-order valence-electron chi connectivity index (χ3n) is 3.90. The van der Waals surface area contributed by atoms with Crippen molar-refractivity contribution in [2.24, 2.45) is 0 Å². The molecule has 0 spiro atoms. The Labute approximate surface area is 107 Å². The van der Waals surface area contributed by atoms with Crippen molar-refractivity contribution in [1.29, 1.82) is 0 Å². The van der Waals surface area contributed by atoms with E-state index in [1.807, 2.05) is 0 Å². The number of hydrogen-bond donors (Lipinski definition) is 0.